The molecule has 0 aromatic heterocycles. The summed E-state index contributed by atoms with van der Waals surface area (Å²) in [4.78, 5) is 35.5. The highest BCUT2D eigenvalue weighted by Crippen LogP contribution is 2.11. The first kappa shape index (κ1) is 28.4. The molecule has 0 saturated carbocycles. The first-order valence-electron chi connectivity index (χ1n) is 12.0. The van der Waals surface area contributed by atoms with E-state index < -0.39 is 6.10 Å². The highest BCUT2D eigenvalue weighted by atomic mass is 16.6. The molecule has 0 bridgehead atoms. The minimum Gasteiger partial charge on any atom is -0.466 e. The van der Waals surface area contributed by atoms with E-state index >= 15 is 0 Å². The summed E-state index contributed by atoms with van der Waals surface area (Å²) in [6, 6.07) is 0. The normalized spacial score (nSPS) is 11.7. The third-order valence-electron chi connectivity index (χ3n) is 4.87. The van der Waals surface area contributed by atoms with Crippen LogP contribution in [0, 0.1) is 0 Å². The fourth-order valence-corrected chi connectivity index (χ4v) is 2.97. The summed E-state index contributed by atoms with van der Waals surface area (Å²) < 4.78 is 16.1. The number of ether oxygens (including phenoxy) is 3. The Morgan fingerprint density at radius 3 is 1.63 bits per heavy atom. The van der Waals surface area contributed by atoms with E-state index in [1.54, 1.807) is 0 Å². The van der Waals surface area contributed by atoms with Crippen molar-refractivity contribution in [3.05, 3.63) is 0 Å². The van der Waals surface area contributed by atoms with Crippen LogP contribution in [-0.4, -0.2) is 37.2 Å². The molecule has 0 saturated heterocycles. The van der Waals surface area contributed by atoms with Gasteiger partial charge in [0, 0.05) is 19.3 Å². The molecule has 0 rings (SSSR count). The van der Waals surface area contributed by atoms with Crippen molar-refractivity contribution in [3.8, 4) is 0 Å². The van der Waals surface area contributed by atoms with Crippen LogP contribution in [0.3, 0.4) is 0 Å². The van der Waals surface area contributed by atoms with E-state index in [4.69, 9.17) is 14.2 Å². The van der Waals surface area contributed by atoms with E-state index in [-0.39, 0.29) is 24.5 Å². The van der Waals surface area contributed by atoms with Crippen LogP contribution in [0.5, 0.6) is 0 Å². The molecule has 6 heteroatoms. The molecule has 0 aromatic carbocycles. The van der Waals surface area contributed by atoms with Gasteiger partial charge in [0.2, 0.25) is 0 Å². The topological polar surface area (TPSA) is 78.9 Å². The van der Waals surface area contributed by atoms with Gasteiger partial charge in [0.15, 0.2) is 0 Å². The van der Waals surface area contributed by atoms with Gasteiger partial charge in [-0.2, -0.15) is 0 Å². The maximum absolute atomic E-state index is 12.1. The Kier molecular flexibility index (Phi) is 19.6. The van der Waals surface area contributed by atoms with Crippen molar-refractivity contribution in [2.24, 2.45) is 0 Å². The van der Waals surface area contributed by atoms with Gasteiger partial charge in [0.1, 0.15) is 12.7 Å². The summed E-state index contributed by atoms with van der Waals surface area (Å²) in [5.41, 5.74) is 0. The van der Waals surface area contributed by atoms with Crippen molar-refractivity contribution in [1.82, 2.24) is 0 Å². The summed E-state index contributed by atoms with van der Waals surface area (Å²) in [6.07, 6.45) is 11.6. The van der Waals surface area contributed by atoms with Crippen molar-refractivity contribution in [3.63, 3.8) is 0 Å². The summed E-state index contributed by atoms with van der Waals surface area (Å²) >= 11 is 0. The molecule has 0 spiro atoms. The first-order chi connectivity index (χ1) is 14.5. The van der Waals surface area contributed by atoms with Gasteiger partial charge >= 0.3 is 17.9 Å². The molecule has 0 radical (unpaired) electrons. The molecular weight excluding hydrogens is 384 g/mol. The van der Waals surface area contributed by atoms with E-state index in [1.807, 2.05) is 0 Å². The molecule has 0 amide bonds. The SMILES string of the molecule is CCCCCC(=O)OCCCC[C@@H](COC(=O)CCCCC)OC(=O)CCCCC. The molecular formula is C24H44O6. The van der Waals surface area contributed by atoms with E-state index in [1.165, 1.54) is 0 Å². The Morgan fingerprint density at radius 1 is 0.600 bits per heavy atom. The van der Waals surface area contributed by atoms with E-state index in [0.29, 0.717) is 38.7 Å². The number of esters is 3. The van der Waals surface area contributed by atoms with Gasteiger partial charge in [-0.25, -0.2) is 0 Å². The van der Waals surface area contributed by atoms with E-state index in [2.05, 4.69) is 20.8 Å². The Hall–Kier alpha value is -1.59. The predicted molar refractivity (Wildman–Crippen MR) is 118 cm³/mol. The lowest BCUT2D eigenvalue weighted by atomic mass is 10.1. The van der Waals surface area contributed by atoms with Gasteiger partial charge in [-0.3, -0.25) is 14.4 Å². The average Bonchev–Trinajstić information content (AvgIpc) is 2.72. The van der Waals surface area contributed by atoms with Crippen molar-refractivity contribution >= 4 is 17.9 Å². The first-order valence-corrected chi connectivity index (χ1v) is 12.0. The van der Waals surface area contributed by atoms with Gasteiger partial charge in [0.05, 0.1) is 6.61 Å². The molecule has 0 aromatic rings. The van der Waals surface area contributed by atoms with Crippen LogP contribution in [0.1, 0.15) is 117 Å². The standard InChI is InChI=1S/C24H44O6/c1-4-7-10-16-22(25)28-19-14-13-15-21(30-24(27)18-12-9-6-3)20-29-23(26)17-11-8-5-2/h21H,4-20H2,1-3H3/t21-/m0/s1. The lowest BCUT2D eigenvalue weighted by molar-refractivity contribution is -0.159. The second-order valence-corrected chi connectivity index (χ2v) is 7.88. The predicted octanol–water partition coefficient (Wildman–Crippen LogP) is 5.90. The molecule has 0 unspecified atom stereocenters. The van der Waals surface area contributed by atoms with Crippen LogP contribution in [0.4, 0.5) is 0 Å². The Balaban J connectivity index is 4.22. The maximum atomic E-state index is 12.1. The zero-order valence-corrected chi connectivity index (χ0v) is 19.5. The summed E-state index contributed by atoms with van der Waals surface area (Å²) in [5, 5.41) is 0. The molecule has 6 nitrogen and oxygen atoms in total. The summed E-state index contributed by atoms with van der Waals surface area (Å²) in [5.74, 6) is -0.627. The van der Waals surface area contributed by atoms with Crippen molar-refractivity contribution in [2.45, 2.75) is 123 Å². The molecule has 1 atom stereocenters. The summed E-state index contributed by atoms with van der Waals surface area (Å²) in [6.45, 7) is 6.74. The largest absolute Gasteiger partial charge is 0.466 e. The molecule has 30 heavy (non-hydrogen) atoms. The zero-order chi connectivity index (χ0) is 22.5. The highest BCUT2D eigenvalue weighted by Gasteiger charge is 2.17. The Morgan fingerprint density at radius 2 is 1.10 bits per heavy atom. The molecule has 176 valence electrons. The smallest absolute Gasteiger partial charge is 0.306 e. The Bertz CT molecular complexity index is 449. The molecule has 0 heterocycles. The number of hydrogen-bond donors (Lipinski definition) is 0. The van der Waals surface area contributed by atoms with E-state index in [9.17, 15) is 14.4 Å². The molecule has 0 aliphatic carbocycles. The van der Waals surface area contributed by atoms with Crippen molar-refractivity contribution < 1.29 is 28.6 Å². The number of carbonyl (C=O) groups is 3. The monoisotopic (exact) mass is 428 g/mol. The fourth-order valence-electron chi connectivity index (χ4n) is 2.97. The van der Waals surface area contributed by atoms with Crippen LogP contribution in [-0.2, 0) is 28.6 Å². The number of carbonyl (C=O) groups excluding carboxylic acids is 3. The summed E-state index contributed by atoms with van der Waals surface area (Å²) in [7, 11) is 0. The third kappa shape index (κ3) is 18.4. The third-order valence-corrected chi connectivity index (χ3v) is 4.87. The lowest BCUT2D eigenvalue weighted by Crippen LogP contribution is -2.25. The molecule has 0 aliphatic heterocycles. The lowest BCUT2D eigenvalue weighted by Gasteiger charge is -2.18. The quantitative estimate of drug-likeness (QED) is 0.136. The number of rotatable bonds is 20. The van der Waals surface area contributed by atoms with Crippen molar-refractivity contribution in [2.75, 3.05) is 13.2 Å². The molecule has 0 aliphatic rings. The van der Waals surface area contributed by atoms with Gasteiger partial charge in [-0.15, -0.1) is 0 Å². The second kappa shape index (κ2) is 20.7. The van der Waals surface area contributed by atoms with Crippen molar-refractivity contribution in [1.29, 1.82) is 0 Å². The number of unbranched alkanes of at least 4 members (excludes halogenated alkanes) is 7. The molecule has 0 fully saturated rings. The van der Waals surface area contributed by atoms with Gasteiger partial charge < -0.3 is 14.2 Å². The highest BCUT2D eigenvalue weighted by molar-refractivity contribution is 5.70. The minimum atomic E-state index is -0.436. The minimum absolute atomic E-state index is 0.0985. The molecule has 0 N–H and O–H groups in total. The van der Waals surface area contributed by atoms with Crippen LogP contribution < -0.4 is 0 Å². The van der Waals surface area contributed by atoms with Gasteiger partial charge in [-0.1, -0.05) is 59.3 Å². The second-order valence-electron chi connectivity index (χ2n) is 7.88. The van der Waals surface area contributed by atoms with Crippen LogP contribution >= 0.6 is 0 Å². The van der Waals surface area contributed by atoms with Crippen LogP contribution in [0.25, 0.3) is 0 Å². The van der Waals surface area contributed by atoms with Crippen LogP contribution in [0.15, 0.2) is 0 Å². The van der Waals surface area contributed by atoms with Gasteiger partial charge in [0.25, 0.3) is 0 Å². The zero-order valence-electron chi connectivity index (χ0n) is 19.5. The van der Waals surface area contributed by atoms with Crippen LogP contribution in [0.2, 0.25) is 0 Å². The maximum Gasteiger partial charge on any atom is 0.306 e. The van der Waals surface area contributed by atoms with E-state index in [0.717, 1.165) is 64.2 Å². The van der Waals surface area contributed by atoms with Gasteiger partial charge in [-0.05, 0) is 38.5 Å². The fraction of sp³-hybridized carbons (Fsp3) is 0.875. The average molecular weight is 429 g/mol. The Labute approximate surface area is 183 Å². The number of hydrogen-bond acceptors (Lipinski definition) is 6.